The number of piperidine rings is 1. The van der Waals surface area contributed by atoms with E-state index >= 15 is 0 Å². The minimum Gasteiger partial charge on any atom is -0.336 e. The van der Waals surface area contributed by atoms with Crippen LogP contribution in [0.1, 0.15) is 31.9 Å². The van der Waals surface area contributed by atoms with Gasteiger partial charge in [-0.1, -0.05) is 12.5 Å². The lowest BCUT2D eigenvalue weighted by molar-refractivity contribution is -0.134. The van der Waals surface area contributed by atoms with Gasteiger partial charge in [-0.25, -0.2) is 0 Å². The summed E-state index contributed by atoms with van der Waals surface area (Å²) >= 11 is 0. The summed E-state index contributed by atoms with van der Waals surface area (Å²) in [5.74, 6) is 0.211. The van der Waals surface area contributed by atoms with Crippen molar-refractivity contribution in [3.63, 3.8) is 0 Å². The maximum atomic E-state index is 12.4. The number of hydrogen-bond donors (Lipinski definition) is 1. The maximum Gasteiger partial charge on any atom is 0.240 e. The molecule has 1 aromatic rings. The number of pyridine rings is 1. The van der Waals surface area contributed by atoms with Crippen LogP contribution in [0.3, 0.4) is 0 Å². The van der Waals surface area contributed by atoms with Crippen molar-refractivity contribution >= 4 is 30.7 Å². The van der Waals surface area contributed by atoms with E-state index in [2.05, 4.69) is 10.3 Å². The summed E-state index contributed by atoms with van der Waals surface area (Å²) in [5, 5.41) is 3.31. The third-order valence-corrected chi connectivity index (χ3v) is 3.38. The third kappa shape index (κ3) is 5.27. The molecule has 114 valence electrons. The first-order chi connectivity index (χ1) is 8.81. The van der Waals surface area contributed by atoms with Crippen molar-refractivity contribution in [2.45, 2.75) is 38.8 Å². The lowest BCUT2D eigenvalue weighted by Crippen LogP contribution is -2.48. The third-order valence-electron chi connectivity index (χ3n) is 3.38. The molecule has 0 bridgehead atoms. The minimum atomic E-state index is 0. The molecule has 0 unspecified atom stereocenters. The second-order valence-corrected chi connectivity index (χ2v) is 4.68. The molecule has 1 aromatic heterocycles. The molecule has 1 N–H and O–H groups in total. The Balaban J connectivity index is 0.00000180. The average Bonchev–Trinajstić information content (AvgIpc) is 2.46. The Morgan fingerprint density at radius 3 is 2.75 bits per heavy atom. The number of rotatable bonds is 4. The van der Waals surface area contributed by atoms with E-state index in [1.165, 1.54) is 6.42 Å². The van der Waals surface area contributed by atoms with Crippen LogP contribution in [0.15, 0.2) is 24.4 Å². The van der Waals surface area contributed by atoms with Crippen molar-refractivity contribution in [1.82, 2.24) is 15.2 Å². The summed E-state index contributed by atoms with van der Waals surface area (Å²) in [7, 11) is 0. The van der Waals surface area contributed by atoms with E-state index in [9.17, 15) is 4.79 Å². The molecule has 0 radical (unpaired) electrons. The number of likely N-dealkylation sites (N-methyl/N-ethyl adjacent to an activating group) is 1. The lowest BCUT2D eigenvalue weighted by atomic mass is 10.0. The number of amides is 1. The van der Waals surface area contributed by atoms with Crippen LogP contribution in [-0.2, 0) is 11.3 Å². The van der Waals surface area contributed by atoms with E-state index in [-0.39, 0.29) is 36.8 Å². The molecule has 0 saturated carbocycles. The largest absolute Gasteiger partial charge is 0.336 e. The van der Waals surface area contributed by atoms with Crippen LogP contribution < -0.4 is 5.32 Å². The van der Waals surface area contributed by atoms with Gasteiger partial charge in [0.25, 0.3) is 0 Å². The van der Waals surface area contributed by atoms with Crippen molar-refractivity contribution in [2.24, 2.45) is 0 Å². The Kier molecular flexibility index (Phi) is 9.55. The zero-order chi connectivity index (χ0) is 12.8. The highest BCUT2D eigenvalue weighted by Gasteiger charge is 2.24. The van der Waals surface area contributed by atoms with Crippen molar-refractivity contribution in [3.05, 3.63) is 30.1 Å². The molecule has 20 heavy (non-hydrogen) atoms. The SMILES string of the molecule is CCN(Cc1ccccn1)C(=O)[C@@H]1CCCCN1.Cl.Cl. The molecule has 1 fully saturated rings. The smallest absolute Gasteiger partial charge is 0.240 e. The molecule has 0 spiro atoms. The van der Waals surface area contributed by atoms with E-state index in [1.807, 2.05) is 30.0 Å². The molecule has 4 nitrogen and oxygen atoms in total. The average molecular weight is 320 g/mol. The van der Waals surface area contributed by atoms with Crippen LogP contribution in [0.4, 0.5) is 0 Å². The first-order valence-electron chi connectivity index (χ1n) is 6.73. The Labute approximate surface area is 133 Å². The number of aromatic nitrogens is 1. The predicted octanol–water partition coefficient (Wildman–Crippen LogP) is 2.42. The highest BCUT2D eigenvalue weighted by atomic mass is 35.5. The molecule has 0 aromatic carbocycles. The highest BCUT2D eigenvalue weighted by Crippen LogP contribution is 2.11. The number of nitrogens with one attached hydrogen (secondary N) is 1. The van der Waals surface area contributed by atoms with E-state index in [4.69, 9.17) is 0 Å². The van der Waals surface area contributed by atoms with Gasteiger partial charge in [-0.3, -0.25) is 9.78 Å². The van der Waals surface area contributed by atoms with Gasteiger partial charge in [0, 0.05) is 12.7 Å². The summed E-state index contributed by atoms with van der Waals surface area (Å²) in [5.41, 5.74) is 0.948. The fraction of sp³-hybridized carbons (Fsp3) is 0.571. The van der Waals surface area contributed by atoms with E-state index in [0.29, 0.717) is 6.54 Å². The molecular weight excluding hydrogens is 297 g/mol. The quantitative estimate of drug-likeness (QED) is 0.927. The standard InChI is InChI=1S/C14H21N3O.2ClH/c1-2-17(11-12-7-3-5-9-15-12)14(18)13-8-4-6-10-16-13;;/h3,5,7,9,13,16H,2,4,6,8,10-11H2,1H3;2*1H/t13-;;/m0../s1. The summed E-state index contributed by atoms with van der Waals surface area (Å²) in [6.45, 7) is 4.31. The first kappa shape index (κ1) is 19.2. The summed E-state index contributed by atoms with van der Waals surface area (Å²) in [6, 6.07) is 5.82. The monoisotopic (exact) mass is 319 g/mol. The molecule has 2 heterocycles. The molecule has 0 aliphatic carbocycles. The van der Waals surface area contributed by atoms with E-state index in [1.54, 1.807) is 6.20 Å². The fourth-order valence-corrected chi connectivity index (χ4v) is 2.32. The summed E-state index contributed by atoms with van der Waals surface area (Å²) in [4.78, 5) is 18.5. The van der Waals surface area contributed by atoms with Gasteiger partial charge >= 0.3 is 0 Å². The molecule has 1 aliphatic heterocycles. The predicted molar refractivity (Wildman–Crippen MR) is 85.5 cm³/mol. The van der Waals surface area contributed by atoms with Gasteiger partial charge < -0.3 is 10.2 Å². The van der Waals surface area contributed by atoms with Gasteiger partial charge in [-0.05, 0) is 38.4 Å². The maximum absolute atomic E-state index is 12.4. The van der Waals surface area contributed by atoms with Crippen LogP contribution >= 0.6 is 24.8 Å². The number of carbonyl (C=O) groups excluding carboxylic acids is 1. The second kappa shape index (κ2) is 9.97. The second-order valence-electron chi connectivity index (χ2n) is 4.68. The molecular formula is C14H23Cl2N3O. The molecule has 6 heteroatoms. The van der Waals surface area contributed by atoms with Crippen LogP contribution in [0, 0.1) is 0 Å². The summed E-state index contributed by atoms with van der Waals surface area (Å²) < 4.78 is 0. The number of hydrogen-bond acceptors (Lipinski definition) is 3. The highest BCUT2D eigenvalue weighted by molar-refractivity contribution is 5.85. The van der Waals surface area contributed by atoms with Crippen molar-refractivity contribution in [3.8, 4) is 0 Å². The Morgan fingerprint density at radius 2 is 2.20 bits per heavy atom. The first-order valence-corrected chi connectivity index (χ1v) is 6.73. The zero-order valence-corrected chi connectivity index (χ0v) is 13.4. The van der Waals surface area contributed by atoms with Gasteiger partial charge in [0.2, 0.25) is 5.91 Å². The van der Waals surface area contributed by atoms with Gasteiger partial charge in [-0.2, -0.15) is 0 Å². The normalized spacial score (nSPS) is 17.6. The molecule has 2 rings (SSSR count). The molecule has 1 aliphatic rings. The zero-order valence-electron chi connectivity index (χ0n) is 11.7. The van der Waals surface area contributed by atoms with Crippen molar-refractivity contribution in [2.75, 3.05) is 13.1 Å². The van der Waals surface area contributed by atoms with E-state index in [0.717, 1.165) is 31.6 Å². The van der Waals surface area contributed by atoms with Crippen LogP contribution in [0.25, 0.3) is 0 Å². The van der Waals surface area contributed by atoms with Gasteiger partial charge in [0.15, 0.2) is 0 Å². The number of carbonyl (C=O) groups is 1. The topological polar surface area (TPSA) is 45.2 Å². The van der Waals surface area contributed by atoms with Crippen LogP contribution in [0.2, 0.25) is 0 Å². The summed E-state index contributed by atoms with van der Waals surface area (Å²) in [6.07, 6.45) is 5.05. The fourth-order valence-electron chi connectivity index (χ4n) is 2.32. The lowest BCUT2D eigenvalue weighted by Gasteiger charge is -2.29. The van der Waals surface area contributed by atoms with Gasteiger partial charge in [-0.15, -0.1) is 24.8 Å². The Morgan fingerprint density at radius 1 is 1.40 bits per heavy atom. The Hall–Kier alpha value is -0.840. The molecule has 1 atom stereocenters. The van der Waals surface area contributed by atoms with Crippen molar-refractivity contribution in [1.29, 1.82) is 0 Å². The minimum absolute atomic E-state index is 0. The Bertz CT molecular complexity index is 383. The van der Waals surface area contributed by atoms with Crippen LogP contribution in [-0.4, -0.2) is 34.9 Å². The van der Waals surface area contributed by atoms with Gasteiger partial charge in [0.05, 0.1) is 18.3 Å². The van der Waals surface area contributed by atoms with Crippen LogP contribution in [0.5, 0.6) is 0 Å². The van der Waals surface area contributed by atoms with Gasteiger partial charge in [0.1, 0.15) is 0 Å². The number of nitrogens with zero attached hydrogens (tertiary/aromatic N) is 2. The number of halogens is 2. The van der Waals surface area contributed by atoms with E-state index < -0.39 is 0 Å². The molecule has 1 saturated heterocycles. The van der Waals surface area contributed by atoms with Crippen molar-refractivity contribution < 1.29 is 4.79 Å². The molecule has 1 amide bonds.